The molecule has 59 heavy (non-hydrogen) atoms. The molecule has 0 radical (unpaired) electrons. The number of amides is 5. The molecule has 0 aliphatic carbocycles. The normalized spacial score (nSPS) is 19.8. The van der Waals surface area contributed by atoms with Gasteiger partial charge in [-0.1, -0.05) is 72.8 Å². The fourth-order valence-corrected chi connectivity index (χ4v) is 6.43. The number of fused-ring (bicyclic) bond motifs is 18. The lowest BCUT2D eigenvalue weighted by Crippen LogP contribution is -2.59. The van der Waals surface area contributed by atoms with Crippen LogP contribution in [0, 0.1) is 11.3 Å². The van der Waals surface area contributed by atoms with E-state index in [1.54, 1.807) is 48.5 Å². The highest BCUT2D eigenvalue weighted by Gasteiger charge is 2.34. The number of rotatable bonds is 8. The van der Waals surface area contributed by atoms with Gasteiger partial charge in [-0.05, 0) is 65.4 Å². The van der Waals surface area contributed by atoms with E-state index >= 15 is 0 Å². The third kappa shape index (κ3) is 12.7. The highest BCUT2D eigenvalue weighted by Crippen LogP contribution is 2.29. The zero-order valence-corrected chi connectivity index (χ0v) is 31.6. The van der Waals surface area contributed by atoms with Crippen LogP contribution in [-0.2, 0) is 60.6 Å². The summed E-state index contributed by atoms with van der Waals surface area (Å²) in [7, 11) is 0. The van der Waals surface area contributed by atoms with Gasteiger partial charge in [-0.15, -0.1) is 0 Å². The molecule has 13 nitrogen and oxygen atoms in total. The molecule has 4 aromatic carbocycles. The van der Waals surface area contributed by atoms with E-state index in [0.717, 1.165) is 29.8 Å². The molecule has 6 N–H and O–H groups in total. The fourth-order valence-electron chi connectivity index (χ4n) is 6.43. The Balaban J connectivity index is 1.53. The predicted molar refractivity (Wildman–Crippen MR) is 208 cm³/mol. The number of carbonyl (C=O) groups is 6. The van der Waals surface area contributed by atoms with Crippen molar-refractivity contribution in [1.82, 2.24) is 21.3 Å². The van der Waals surface area contributed by atoms with E-state index in [0.29, 0.717) is 23.2 Å². The molecule has 0 spiro atoms. The highest BCUT2D eigenvalue weighted by atomic mass is 19.4. The molecule has 16 heteroatoms. The maximum absolute atomic E-state index is 14.3. The lowest BCUT2D eigenvalue weighted by molar-refractivity contribution is -0.142. The number of hydrogen-bond acceptors (Lipinski definition) is 7. The molecule has 306 valence electrons. The van der Waals surface area contributed by atoms with Crippen LogP contribution in [0.4, 0.5) is 18.9 Å². The number of nitriles is 1. The van der Waals surface area contributed by atoms with Crippen molar-refractivity contribution in [3.8, 4) is 6.07 Å². The number of alkyl halides is 3. The van der Waals surface area contributed by atoms with E-state index in [1.807, 2.05) is 18.2 Å². The topological polar surface area (TPSA) is 207 Å². The highest BCUT2D eigenvalue weighted by molar-refractivity contribution is 5.96. The van der Waals surface area contributed by atoms with Crippen LogP contribution in [-0.4, -0.2) is 64.8 Å². The Bertz CT molecular complexity index is 2190. The first-order valence-corrected chi connectivity index (χ1v) is 18.7. The standard InChI is InChI=1S/C43H41F3N6O7/c44-43(45,46)31-15-10-27(11-16-31)22-34-40(56)51-35(24-29-8-4-5-9-30(29)25-47)41(57)52-36(42(58)59)23-28-12-17-32(18-13-28)48-37(53)20-21-38(54)49-33(39(55)50-34)19-14-26-6-2-1-3-7-26/h1-13,15-18,33-36H,14,19-24H2,(H,48,53)(H,49,54)(H,50,55)(H,51,56)(H,52,57)(H,58,59). The summed E-state index contributed by atoms with van der Waals surface area (Å²) < 4.78 is 40.2. The van der Waals surface area contributed by atoms with Gasteiger partial charge in [-0.3, -0.25) is 24.0 Å². The summed E-state index contributed by atoms with van der Waals surface area (Å²) in [5.74, 6) is -5.31. The summed E-state index contributed by atoms with van der Waals surface area (Å²) in [6.45, 7) is 0. The van der Waals surface area contributed by atoms with Crippen LogP contribution in [0.25, 0.3) is 0 Å². The van der Waals surface area contributed by atoms with Gasteiger partial charge in [0.05, 0.1) is 17.2 Å². The summed E-state index contributed by atoms with van der Waals surface area (Å²) in [4.78, 5) is 80.8. The van der Waals surface area contributed by atoms with E-state index in [2.05, 4.69) is 26.6 Å². The van der Waals surface area contributed by atoms with Crippen LogP contribution in [0.15, 0.2) is 103 Å². The van der Waals surface area contributed by atoms with Crippen LogP contribution in [0.5, 0.6) is 0 Å². The molecular formula is C43H41F3N6O7. The minimum atomic E-state index is -4.65. The molecule has 2 aliphatic rings. The number of benzene rings is 4. The number of nitrogens with zero attached hydrogens (tertiary/aromatic N) is 1. The molecule has 6 rings (SSSR count). The Kier molecular flexibility index (Phi) is 14.5. The van der Waals surface area contributed by atoms with Crippen molar-refractivity contribution >= 4 is 41.2 Å². The molecule has 4 unspecified atom stereocenters. The predicted octanol–water partition coefficient (Wildman–Crippen LogP) is 3.99. The zero-order chi connectivity index (χ0) is 42.5. The lowest BCUT2D eigenvalue weighted by atomic mass is 9.98. The SMILES string of the molecule is N#Cc1ccccc1CC1NC(=O)C(Cc2ccc(C(F)(F)F)cc2)NC(=O)C(CCc2ccccc2)NC(=O)CCC(=O)Nc2ccc(cc2)CC(C(=O)O)NC1=O. The minimum absolute atomic E-state index is 0.0430. The van der Waals surface area contributed by atoms with Gasteiger partial charge in [0.15, 0.2) is 0 Å². The third-order valence-electron chi connectivity index (χ3n) is 9.64. The van der Waals surface area contributed by atoms with E-state index < -0.39 is 71.4 Å². The molecule has 5 amide bonds. The van der Waals surface area contributed by atoms with Crippen molar-refractivity contribution in [3.63, 3.8) is 0 Å². The molecule has 0 fully saturated rings. The maximum Gasteiger partial charge on any atom is 0.416 e. The van der Waals surface area contributed by atoms with Crippen molar-refractivity contribution in [2.24, 2.45) is 0 Å². The van der Waals surface area contributed by atoms with Gasteiger partial charge in [0, 0.05) is 37.8 Å². The van der Waals surface area contributed by atoms with Gasteiger partial charge in [0.1, 0.15) is 24.2 Å². The molecule has 0 aromatic heterocycles. The van der Waals surface area contributed by atoms with Crippen molar-refractivity contribution < 1.29 is 47.0 Å². The summed E-state index contributed by atoms with van der Waals surface area (Å²) in [6.07, 6.45) is -5.74. The number of aliphatic carboxylic acids is 1. The van der Waals surface area contributed by atoms with Gasteiger partial charge in [0.2, 0.25) is 29.5 Å². The van der Waals surface area contributed by atoms with E-state index in [9.17, 15) is 52.3 Å². The third-order valence-corrected chi connectivity index (χ3v) is 9.64. The second kappa shape index (κ2) is 19.9. The van der Waals surface area contributed by atoms with Gasteiger partial charge >= 0.3 is 12.1 Å². The van der Waals surface area contributed by atoms with E-state index in [1.165, 1.54) is 18.2 Å². The van der Waals surface area contributed by atoms with Crippen molar-refractivity contribution in [2.75, 3.05) is 5.32 Å². The van der Waals surface area contributed by atoms with Crippen LogP contribution in [0.1, 0.15) is 52.6 Å². The number of hydrogen-bond donors (Lipinski definition) is 6. The molecule has 0 saturated heterocycles. The van der Waals surface area contributed by atoms with Crippen LogP contribution < -0.4 is 26.6 Å². The molecule has 2 heterocycles. The Morgan fingerprint density at radius 3 is 1.92 bits per heavy atom. The Morgan fingerprint density at radius 2 is 1.27 bits per heavy atom. The first-order chi connectivity index (χ1) is 28.2. The number of carboxylic acid groups (broad SMARTS) is 1. The molecule has 4 atom stereocenters. The van der Waals surface area contributed by atoms with Gasteiger partial charge in [-0.2, -0.15) is 18.4 Å². The summed E-state index contributed by atoms with van der Waals surface area (Å²) in [5, 5.41) is 32.8. The number of aryl methyl sites for hydroxylation is 1. The molecule has 4 aromatic rings. The smallest absolute Gasteiger partial charge is 0.416 e. The monoisotopic (exact) mass is 810 g/mol. The first kappa shape index (κ1) is 43.1. The summed E-state index contributed by atoms with van der Waals surface area (Å²) >= 11 is 0. The number of halogens is 3. The quantitative estimate of drug-likeness (QED) is 0.143. The van der Waals surface area contributed by atoms with E-state index in [4.69, 9.17) is 0 Å². The van der Waals surface area contributed by atoms with Crippen LogP contribution in [0.3, 0.4) is 0 Å². The fraction of sp³-hybridized carbons (Fsp3) is 0.279. The van der Waals surface area contributed by atoms with Crippen molar-refractivity contribution in [2.45, 2.75) is 75.3 Å². The summed E-state index contributed by atoms with van der Waals surface area (Å²) in [5.41, 5.74) is 1.41. The van der Waals surface area contributed by atoms with Crippen LogP contribution in [0.2, 0.25) is 0 Å². The van der Waals surface area contributed by atoms with Crippen LogP contribution >= 0.6 is 0 Å². The molecule has 2 bridgehead atoms. The summed E-state index contributed by atoms with van der Waals surface area (Å²) in [6, 6.07) is 21.5. The Labute approximate surface area is 337 Å². The van der Waals surface area contributed by atoms with E-state index in [-0.39, 0.29) is 49.7 Å². The average molecular weight is 811 g/mol. The van der Waals surface area contributed by atoms with Gasteiger partial charge < -0.3 is 31.7 Å². The van der Waals surface area contributed by atoms with Crippen molar-refractivity contribution in [1.29, 1.82) is 5.26 Å². The first-order valence-electron chi connectivity index (χ1n) is 18.7. The van der Waals surface area contributed by atoms with Gasteiger partial charge in [0.25, 0.3) is 0 Å². The average Bonchev–Trinajstić information content (AvgIpc) is 3.21. The lowest BCUT2D eigenvalue weighted by Gasteiger charge is -2.26. The number of carbonyl (C=O) groups excluding carboxylic acids is 5. The van der Waals surface area contributed by atoms with Gasteiger partial charge in [-0.25, -0.2) is 4.79 Å². The molecule has 0 saturated carbocycles. The molecule has 2 aliphatic heterocycles. The minimum Gasteiger partial charge on any atom is -0.480 e. The molecular weight excluding hydrogens is 770 g/mol. The maximum atomic E-state index is 14.3. The Morgan fingerprint density at radius 1 is 0.678 bits per heavy atom. The largest absolute Gasteiger partial charge is 0.480 e. The number of nitrogens with one attached hydrogen (secondary N) is 5. The second-order valence-electron chi connectivity index (χ2n) is 14.0. The number of carboxylic acids is 1. The second-order valence-corrected chi connectivity index (χ2v) is 14.0. The number of anilines is 1. The Hall–Kier alpha value is -7.02. The van der Waals surface area contributed by atoms with Crippen molar-refractivity contribution in [3.05, 3.63) is 137 Å². The zero-order valence-electron chi connectivity index (χ0n) is 31.6.